The Hall–Kier alpha value is -1.40. The number of nitrogens with zero attached hydrogens (tertiary/aromatic N) is 2. The first-order valence-corrected chi connectivity index (χ1v) is 6.62. The molecule has 6 nitrogen and oxygen atoms in total. The van der Waals surface area contributed by atoms with E-state index >= 15 is 0 Å². The molecule has 19 heavy (non-hydrogen) atoms. The molecule has 0 fully saturated rings. The molecule has 0 aliphatic rings. The molecule has 1 aromatic rings. The average Bonchev–Trinajstić information content (AvgIpc) is 2.41. The number of aromatic nitrogens is 2. The molecule has 108 valence electrons. The Morgan fingerprint density at radius 1 is 1.21 bits per heavy atom. The molecule has 0 amide bonds. The third-order valence-corrected chi connectivity index (χ3v) is 2.92. The van der Waals surface area contributed by atoms with E-state index in [-0.39, 0.29) is 11.2 Å². The van der Waals surface area contributed by atoms with Gasteiger partial charge in [-0.1, -0.05) is 6.92 Å². The monoisotopic (exact) mass is 269 g/mol. The van der Waals surface area contributed by atoms with Crippen molar-refractivity contribution >= 4 is 0 Å². The van der Waals surface area contributed by atoms with E-state index in [1.54, 1.807) is 7.05 Å². The third-order valence-electron chi connectivity index (χ3n) is 2.92. The first-order chi connectivity index (χ1) is 9.07. The molecule has 0 unspecified atom stereocenters. The quantitative estimate of drug-likeness (QED) is 0.674. The van der Waals surface area contributed by atoms with Crippen LogP contribution < -0.4 is 16.6 Å². The lowest BCUT2D eigenvalue weighted by Gasteiger charge is -2.10. The molecule has 0 aliphatic carbocycles. The number of rotatable bonds is 8. The highest BCUT2D eigenvalue weighted by Gasteiger charge is 2.04. The van der Waals surface area contributed by atoms with E-state index in [2.05, 4.69) is 12.2 Å². The lowest BCUT2D eigenvalue weighted by molar-refractivity contribution is 0.132. The van der Waals surface area contributed by atoms with Gasteiger partial charge in [0, 0.05) is 45.6 Å². The molecule has 1 rings (SSSR count). The van der Waals surface area contributed by atoms with Crippen molar-refractivity contribution in [3.8, 4) is 0 Å². The molecule has 0 saturated carbocycles. The van der Waals surface area contributed by atoms with Gasteiger partial charge in [0.2, 0.25) is 0 Å². The van der Waals surface area contributed by atoms with E-state index in [1.165, 1.54) is 17.7 Å². The highest BCUT2D eigenvalue weighted by molar-refractivity contribution is 5.01. The van der Waals surface area contributed by atoms with Crippen LogP contribution in [0.5, 0.6) is 0 Å². The molecule has 1 heterocycles. The van der Waals surface area contributed by atoms with Crippen molar-refractivity contribution in [2.24, 2.45) is 14.1 Å². The summed E-state index contributed by atoms with van der Waals surface area (Å²) in [5.74, 6) is 0. The highest BCUT2D eigenvalue weighted by atomic mass is 16.5. The van der Waals surface area contributed by atoms with E-state index < -0.39 is 0 Å². The zero-order chi connectivity index (χ0) is 14.3. The maximum absolute atomic E-state index is 11.7. The molecule has 1 aromatic heterocycles. The molecular weight excluding hydrogens is 246 g/mol. The second-order valence-electron chi connectivity index (χ2n) is 4.52. The minimum Gasteiger partial charge on any atom is -0.381 e. The molecule has 0 spiro atoms. The second kappa shape index (κ2) is 7.91. The van der Waals surface area contributed by atoms with Crippen LogP contribution in [0, 0.1) is 0 Å². The Morgan fingerprint density at radius 2 is 1.95 bits per heavy atom. The van der Waals surface area contributed by atoms with E-state index in [4.69, 9.17) is 4.74 Å². The summed E-state index contributed by atoms with van der Waals surface area (Å²) >= 11 is 0. The number of nitrogens with one attached hydrogen (secondary N) is 1. The second-order valence-corrected chi connectivity index (χ2v) is 4.52. The smallest absolute Gasteiger partial charge is 0.330 e. The van der Waals surface area contributed by atoms with Crippen molar-refractivity contribution in [2.75, 3.05) is 19.8 Å². The first kappa shape index (κ1) is 15.7. The molecule has 0 atom stereocenters. The average molecular weight is 269 g/mol. The Kier molecular flexibility index (Phi) is 6.52. The van der Waals surface area contributed by atoms with Crippen LogP contribution >= 0.6 is 0 Å². The van der Waals surface area contributed by atoms with Gasteiger partial charge in [-0.25, -0.2) is 4.79 Å². The van der Waals surface area contributed by atoms with E-state index in [0.29, 0.717) is 12.2 Å². The van der Waals surface area contributed by atoms with Gasteiger partial charge in [-0.3, -0.25) is 13.9 Å². The maximum Gasteiger partial charge on any atom is 0.330 e. The minimum atomic E-state index is -0.296. The summed E-state index contributed by atoms with van der Waals surface area (Å²) in [5, 5.41) is 3.21. The fraction of sp³-hybridized carbons (Fsp3) is 0.692. The minimum absolute atomic E-state index is 0.272. The molecule has 0 radical (unpaired) electrons. The predicted octanol–water partition coefficient (Wildman–Crippen LogP) is -0.00970. The van der Waals surface area contributed by atoms with Crippen molar-refractivity contribution in [1.82, 2.24) is 14.5 Å². The van der Waals surface area contributed by atoms with Crippen molar-refractivity contribution in [1.29, 1.82) is 0 Å². The summed E-state index contributed by atoms with van der Waals surface area (Å²) in [6.45, 7) is 4.91. The van der Waals surface area contributed by atoms with Gasteiger partial charge in [0.05, 0.1) is 0 Å². The highest BCUT2D eigenvalue weighted by Crippen LogP contribution is 1.90. The third kappa shape index (κ3) is 4.65. The standard InChI is InChI=1S/C13H23N3O3/c1-4-7-19-8-5-6-14-10-11-9-12(17)16(3)13(18)15(11)2/h9,14H,4-8,10H2,1-3H3. The largest absolute Gasteiger partial charge is 0.381 e. The van der Waals surface area contributed by atoms with Gasteiger partial charge >= 0.3 is 5.69 Å². The molecule has 1 N–H and O–H groups in total. The Bertz CT molecular complexity index is 505. The van der Waals surface area contributed by atoms with Crippen molar-refractivity contribution < 1.29 is 4.74 Å². The predicted molar refractivity (Wildman–Crippen MR) is 74.4 cm³/mol. The van der Waals surface area contributed by atoms with Crippen molar-refractivity contribution in [2.45, 2.75) is 26.3 Å². The SMILES string of the molecule is CCCOCCCNCc1cc(=O)n(C)c(=O)n1C. The summed E-state index contributed by atoms with van der Waals surface area (Å²) in [6, 6.07) is 1.49. The van der Waals surface area contributed by atoms with Gasteiger partial charge in [0.1, 0.15) is 0 Å². The van der Waals surface area contributed by atoms with Crippen LogP contribution in [0.4, 0.5) is 0 Å². The molecule has 6 heteroatoms. The van der Waals surface area contributed by atoms with E-state index in [9.17, 15) is 9.59 Å². The van der Waals surface area contributed by atoms with Crippen LogP contribution in [0.2, 0.25) is 0 Å². The van der Waals surface area contributed by atoms with Gasteiger partial charge in [0.25, 0.3) is 5.56 Å². The van der Waals surface area contributed by atoms with E-state index in [0.717, 1.165) is 37.2 Å². The van der Waals surface area contributed by atoms with Crippen molar-refractivity contribution in [3.05, 3.63) is 32.6 Å². The fourth-order valence-electron chi connectivity index (χ4n) is 1.71. The lowest BCUT2D eigenvalue weighted by Crippen LogP contribution is -2.39. The van der Waals surface area contributed by atoms with Gasteiger partial charge < -0.3 is 10.1 Å². The summed E-state index contributed by atoms with van der Waals surface area (Å²) in [4.78, 5) is 23.2. The summed E-state index contributed by atoms with van der Waals surface area (Å²) in [5.41, 5.74) is 0.129. The van der Waals surface area contributed by atoms with Gasteiger partial charge in [0.15, 0.2) is 0 Å². The Labute approximate surface area is 113 Å². The number of hydrogen-bond donors (Lipinski definition) is 1. The van der Waals surface area contributed by atoms with Crippen molar-refractivity contribution in [3.63, 3.8) is 0 Å². The molecule has 0 aliphatic heterocycles. The van der Waals surface area contributed by atoms with Gasteiger partial charge in [-0.15, -0.1) is 0 Å². The van der Waals surface area contributed by atoms with Crippen LogP contribution in [0.25, 0.3) is 0 Å². The first-order valence-electron chi connectivity index (χ1n) is 6.62. The fourth-order valence-corrected chi connectivity index (χ4v) is 1.71. The van der Waals surface area contributed by atoms with Crippen LogP contribution in [-0.4, -0.2) is 28.9 Å². The summed E-state index contributed by atoms with van der Waals surface area (Å²) < 4.78 is 7.95. The lowest BCUT2D eigenvalue weighted by atomic mass is 10.3. The molecular formula is C13H23N3O3. The number of ether oxygens (including phenoxy) is 1. The zero-order valence-electron chi connectivity index (χ0n) is 11.9. The van der Waals surface area contributed by atoms with Crippen LogP contribution in [0.3, 0.4) is 0 Å². The summed E-state index contributed by atoms with van der Waals surface area (Å²) in [7, 11) is 3.15. The Balaban J connectivity index is 2.42. The molecule has 0 saturated heterocycles. The topological polar surface area (TPSA) is 65.3 Å². The van der Waals surface area contributed by atoms with Crippen LogP contribution in [-0.2, 0) is 25.4 Å². The zero-order valence-corrected chi connectivity index (χ0v) is 11.9. The van der Waals surface area contributed by atoms with Crippen LogP contribution in [0.1, 0.15) is 25.5 Å². The maximum atomic E-state index is 11.7. The van der Waals surface area contributed by atoms with Gasteiger partial charge in [-0.05, 0) is 19.4 Å². The van der Waals surface area contributed by atoms with Gasteiger partial charge in [-0.2, -0.15) is 0 Å². The summed E-state index contributed by atoms with van der Waals surface area (Å²) in [6.07, 6.45) is 1.95. The van der Waals surface area contributed by atoms with E-state index in [1.807, 2.05) is 0 Å². The Morgan fingerprint density at radius 3 is 2.63 bits per heavy atom. The molecule has 0 aromatic carbocycles. The number of hydrogen-bond acceptors (Lipinski definition) is 4. The normalized spacial score (nSPS) is 10.9. The molecule has 0 bridgehead atoms. The van der Waals surface area contributed by atoms with Crippen LogP contribution in [0.15, 0.2) is 15.7 Å².